The van der Waals surface area contributed by atoms with Gasteiger partial charge in [0.1, 0.15) is 0 Å². The van der Waals surface area contributed by atoms with Gasteiger partial charge in [0, 0.05) is 29.4 Å². The van der Waals surface area contributed by atoms with E-state index in [0.29, 0.717) is 0 Å². The van der Waals surface area contributed by atoms with Crippen molar-refractivity contribution in [3.05, 3.63) is 24.3 Å². The van der Waals surface area contributed by atoms with Crippen LogP contribution in [0, 0.1) is 11.8 Å². The van der Waals surface area contributed by atoms with Gasteiger partial charge in [-0.2, -0.15) is 10.9 Å². The number of thiol groups is 1. The molecular formula is C24H42N2S. The Kier molecular flexibility index (Phi) is 10.5. The minimum absolute atomic E-state index is 0.263. The zero-order valence-corrected chi connectivity index (χ0v) is 19.1. The van der Waals surface area contributed by atoms with Crippen LogP contribution in [0.4, 0.5) is 5.69 Å². The number of aliphatic imine (C=N–C) groups is 1. The fourth-order valence-corrected chi connectivity index (χ4v) is 6.07. The summed E-state index contributed by atoms with van der Waals surface area (Å²) in [6.45, 7) is 11.9. The lowest BCUT2D eigenvalue weighted by molar-refractivity contribution is 0.208. The number of hydrogen-bond donors (Lipinski definition) is 1. The molecule has 2 rings (SSSR count). The first-order valence-corrected chi connectivity index (χ1v) is 12.9. The van der Waals surface area contributed by atoms with Gasteiger partial charge in [-0.25, -0.2) is 0 Å². The van der Waals surface area contributed by atoms with Crippen LogP contribution in [0.1, 0.15) is 79.1 Å². The van der Waals surface area contributed by atoms with Gasteiger partial charge < -0.3 is 0 Å². The van der Waals surface area contributed by atoms with Crippen molar-refractivity contribution in [2.45, 2.75) is 84.0 Å². The summed E-state index contributed by atoms with van der Waals surface area (Å²) >= 11 is 0. The number of rotatable bonds is 14. The smallest absolute Gasteiger partial charge is 0.0757 e. The molecule has 0 aliphatic carbocycles. The molecule has 3 unspecified atom stereocenters. The molecule has 1 aliphatic heterocycles. The van der Waals surface area contributed by atoms with Crippen LogP contribution in [-0.2, 0) is 0 Å². The number of hydrogen-bond acceptors (Lipinski definition) is 2. The number of nitrogens with zero attached hydrogens (tertiary/aromatic N) is 2. The van der Waals surface area contributed by atoms with Crippen LogP contribution in [-0.4, -0.2) is 29.4 Å². The predicted octanol–water partition coefficient (Wildman–Crippen LogP) is 7.41. The molecule has 1 aromatic rings. The minimum atomic E-state index is -0.263. The van der Waals surface area contributed by atoms with E-state index in [1.807, 2.05) is 0 Å². The molecule has 0 radical (unpaired) electrons. The molecule has 0 saturated heterocycles. The summed E-state index contributed by atoms with van der Waals surface area (Å²) in [5.74, 6) is 2.89. The Morgan fingerprint density at radius 2 is 1.48 bits per heavy atom. The van der Waals surface area contributed by atoms with Crippen molar-refractivity contribution in [3.63, 3.8) is 0 Å². The summed E-state index contributed by atoms with van der Waals surface area (Å²) in [6, 6.07) is 8.77. The lowest BCUT2D eigenvalue weighted by Crippen LogP contribution is -2.35. The van der Waals surface area contributed by atoms with E-state index in [0.717, 1.165) is 11.8 Å². The fourth-order valence-electron chi connectivity index (χ4n) is 4.09. The topological polar surface area (TPSA) is 15.6 Å². The Hall–Kier alpha value is -0.800. The van der Waals surface area contributed by atoms with Crippen LogP contribution in [0.15, 0.2) is 34.2 Å². The highest BCUT2D eigenvalue weighted by Crippen LogP contribution is 2.46. The van der Waals surface area contributed by atoms with Crippen molar-refractivity contribution in [1.82, 2.24) is 4.90 Å². The quantitative estimate of drug-likeness (QED) is 0.327. The second-order valence-corrected chi connectivity index (χ2v) is 10.1. The third kappa shape index (κ3) is 7.27. The Bertz CT molecular complexity index is 539. The van der Waals surface area contributed by atoms with Crippen LogP contribution in [0.3, 0.4) is 0 Å². The highest BCUT2D eigenvalue weighted by Gasteiger charge is 2.22. The second-order valence-electron chi connectivity index (χ2n) is 8.21. The van der Waals surface area contributed by atoms with Gasteiger partial charge in [-0.15, -0.1) is 0 Å². The zero-order valence-electron chi connectivity index (χ0n) is 18.2. The van der Waals surface area contributed by atoms with Gasteiger partial charge in [-0.3, -0.25) is 9.89 Å². The molecule has 0 amide bonds. The zero-order chi connectivity index (χ0) is 19.5. The van der Waals surface area contributed by atoms with Crippen molar-refractivity contribution in [2.24, 2.45) is 16.8 Å². The maximum absolute atomic E-state index is 4.71. The summed E-state index contributed by atoms with van der Waals surface area (Å²) < 4.78 is 0. The van der Waals surface area contributed by atoms with Crippen molar-refractivity contribution in [2.75, 3.05) is 19.0 Å². The van der Waals surface area contributed by atoms with Crippen molar-refractivity contribution < 1.29 is 0 Å². The van der Waals surface area contributed by atoms with E-state index < -0.39 is 0 Å². The van der Waals surface area contributed by atoms with Gasteiger partial charge in [0.2, 0.25) is 0 Å². The van der Waals surface area contributed by atoms with Crippen molar-refractivity contribution in [3.8, 4) is 0 Å². The van der Waals surface area contributed by atoms with E-state index in [1.54, 1.807) is 0 Å². The Balaban J connectivity index is 2.05. The van der Waals surface area contributed by atoms with Gasteiger partial charge in [0.25, 0.3) is 0 Å². The number of para-hydroxylation sites is 1. The van der Waals surface area contributed by atoms with Gasteiger partial charge in [0.15, 0.2) is 0 Å². The molecule has 0 spiro atoms. The molecule has 154 valence electrons. The highest BCUT2D eigenvalue weighted by atomic mass is 32.2. The summed E-state index contributed by atoms with van der Waals surface area (Å²) in [4.78, 5) is 9.01. The first kappa shape index (κ1) is 22.5. The maximum atomic E-state index is 4.71. The van der Waals surface area contributed by atoms with Gasteiger partial charge in [-0.1, -0.05) is 78.4 Å². The summed E-state index contributed by atoms with van der Waals surface area (Å²) in [6.07, 6.45) is 10.8. The van der Waals surface area contributed by atoms with E-state index >= 15 is 0 Å². The van der Waals surface area contributed by atoms with Crippen molar-refractivity contribution in [1.29, 1.82) is 0 Å². The molecule has 0 bridgehead atoms. The molecule has 1 aliphatic rings. The van der Waals surface area contributed by atoms with Crippen LogP contribution in [0.25, 0.3) is 0 Å². The van der Waals surface area contributed by atoms with E-state index in [1.165, 1.54) is 80.9 Å². The van der Waals surface area contributed by atoms with E-state index in [9.17, 15) is 0 Å². The third-order valence-electron chi connectivity index (χ3n) is 6.00. The third-order valence-corrected chi connectivity index (χ3v) is 8.10. The first-order chi connectivity index (χ1) is 13.2. The van der Waals surface area contributed by atoms with Crippen LogP contribution >= 0.6 is 10.9 Å². The molecule has 2 nitrogen and oxygen atoms in total. The maximum Gasteiger partial charge on any atom is 0.0757 e. The number of fused-ring (bicyclic) bond motifs is 1. The van der Waals surface area contributed by atoms with Gasteiger partial charge in [-0.05, 0) is 36.8 Å². The molecule has 3 heteroatoms. The van der Waals surface area contributed by atoms with Gasteiger partial charge in [0.05, 0.1) is 5.69 Å². The molecule has 27 heavy (non-hydrogen) atoms. The summed E-state index contributed by atoms with van der Waals surface area (Å²) in [5.41, 5.74) is 3.46. The lowest BCUT2D eigenvalue weighted by atomic mass is 9.96. The van der Waals surface area contributed by atoms with Crippen LogP contribution < -0.4 is 0 Å². The Morgan fingerprint density at radius 1 is 0.889 bits per heavy atom. The monoisotopic (exact) mass is 390 g/mol. The number of benzene rings is 1. The standard InChI is InChI=1S/C24H42N2S/c1-5-9-13-21(7-3)17-26(18-22(8-4)14-10-6-2)20-27-19-25-23-15-11-12-16-24(23)27/h11-12,15-16,19,21-22,27H,5-10,13-14,17-18,20H2,1-4H3. The van der Waals surface area contributed by atoms with Gasteiger partial charge >= 0.3 is 0 Å². The Morgan fingerprint density at radius 3 is 2.04 bits per heavy atom. The van der Waals surface area contributed by atoms with Crippen LogP contribution in [0.2, 0.25) is 0 Å². The van der Waals surface area contributed by atoms with Crippen LogP contribution in [0.5, 0.6) is 0 Å². The summed E-state index contributed by atoms with van der Waals surface area (Å²) in [7, 11) is -0.263. The number of unbranched alkanes of at least 4 members (excludes halogenated alkanes) is 2. The molecule has 1 heterocycles. The summed E-state index contributed by atoms with van der Waals surface area (Å²) in [5, 5.41) is 0. The largest absolute Gasteiger partial charge is 0.295 e. The second kappa shape index (κ2) is 12.6. The molecule has 0 fully saturated rings. The lowest BCUT2D eigenvalue weighted by Gasteiger charge is -2.33. The Labute approximate surface area is 171 Å². The van der Waals surface area contributed by atoms with E-state index in [4.69, 9.17) is 4.99 Å². The molecule has 0 N–H and O–H groups in total. The van der Waals surface area contributed by atoms with E-state index in [2.05, 4.69) is 62.4 Å². The molecular weight excluding hydrogens is 348 g/mol. The SMILES string of the molecule is CCCCC(CC)CN(CC(CC)CCCC)C[SH]1C=Nc2ccccc21. The average molecular weight is 391 g/mol. The molecule has 0 saturated carbocycles. The highest BCUT2D eigenvalue weighted by molar-refractivity contribution is 8.28. The fraction of sp³-hybridized carbons (Fsp3) is 0.708. The predicted molar refractivity (Wildman–Crippen MR) is 125 cm³/mol. The molecule has 3 atom stereocenters. The normalized spacial score (nSPS) is 19.4. The molecule has 0 aromatic heterocycles. The van der Waals surface area contributed by atoms with Crippen molar-refractivity contribution >= 4 is 22.1 Å². The minimum Gasteiger partial charge on any atom is -0.295 e. The van der Waals surface area contributed by atoms with E-state index in [-0.39, 0.29) is 10.9 Å². The average Bonchev–Trinajstić information content (AvgIpc) is 3.10. The first-order valence-electron chi connectivity index (χ1n) is 11.3. The molecule has 1 aromatic carbocycles.